The van der Waals surface area contributed by atoms with Crippen LogP contribution in [0.1, 0.15) is 193 Å². The third-order valence-electron chi connectivity index (χ3n) is 15.3. The van der Waals surface area contributed by atoms with Crippen molar-refractivity contribution in [1.82, 2.24) is 0 Å². The number of aryl methyl sites for hydroxylation is 3. The van der Waals surface area contributed by atoms with Crippen LogP contribution in [0, 0.1) is 13.8 Å². The predicted molar refractivity (Wildman–Crippen MR) is 318 cm³/mol. The van der Waals surface area contributed by atoms with Crippen LogP contribution in [0.5, 0.6) is 17.2 Å². The minimum Gasteiger partial charge on any atom is -0.494 e. The summed E-state index contributed by atoms with van der Waals surface area (Å²) in [6, 6.07) is 14.5. The summed E-state index contributed by atoms with van der Waals surface area (Å²) in [7, 11) is 2.10. The zero-order valence-electron chi connectivity index (χ0n) is 49.6. The molecule has 17 heteroatoms. The van der Waals surface area contributed by atoms with E-state index >= 15 is 0 Å². The molecule has 3 aromatic carbocycles. The molecule has 0 spiro atoms. The van der Waals surface area contributed by atoms with Gasteiger partial charge in [-0.15, -0.1) is 0 Å². The number of rotatable bonds is 42. The third-order valence-corrected chi connectivity index (χ3v) is 16.9. The van der Waals surface area contributed by atoms with Crippen molar-refractivity contribution in [2.24, 2.45) is 0 Å². The molecular weight excluding hydrogens is 1040 g/mol. The number of hydrogen-bond acceptors (Lipinski definition) is 10. The van der Waals surface area contributed by atoms with Gasteiger partial charge in [-0.2, -0.15) is 21.4 Å². The van der Waals surface area contributed by atoms with Gasteiger partial charge in [0, 0.05) is 25.0 Å². The molecule has 0 aliphatic carbocycles. The fraction of sp³-hybridized carbons (Fsp3) is 0.661. The second kappa shape index (κ2) is 34.1. The summed E-state index contributed by atoms with van der Waals surface area (Å²) in [6.45, 7) is 11.3. The molecule has 0 atom stereocenters. The third kappa shape index (κ3) is 25.5. The van der Waals surface area contributed by atoms with Crippen LogP contribution in [0.2, 0.25) is 0 Å². The topological polar surface area (TPSA) is 184 Å². The van der Waals surface area contributed by atoms with Crippen molar-refractivity contribution in [3.8, 4) is 17.2 Å². The summed E-state index contributed by atoms with van der Waals surface area (Å²) in [5.41, 5.74) is 3.11. The van der Waals surface area contributed by atoms with Crippen LogP contribution in [-0.4, -0.2) is 133 Å². The molecule has 4 rings (SSSR count). The maximum Gasteiger partial charge on any atom is 0.345 e. The lowest BCUT2D eigenvalue weighted by molar-refractivity contribution is -0.890. The second-order valence-corrected chi connectivity index (χ2v) is 26.5. The first-order valence-electron chi connectivity index (χ1n) is 29.7. The largest absolute Gasteiger partial charge is 0.494 e. The van der Waals surface area contributed by atoms with E-state index in [1.54, 1.807) is 26.0 Å². The van der Waals surface area contributed by atoms with Gasteiger partial charge in [0.05, 0.1) is 108 Å². The number of methoxy groups -OCH3 is 1. The molecule has 0 saturated heterocycles. The van der Waals surface area contributed by atoms with Crippen molar-refractivity contribution in [1.29, 1.82) is 0 Å². The Balaban J connectivity index is 1.42. The smallest absolute Gasteiger partial charge is 0.345 e. The number of unbranched alkanes of at least 4 members (excludes halogenated alkanes) is 19. The van der Waals surface area contributed by atoms with Gasteiger partial charge in [-0.1, -0.05) is 103 Å². The zero-order valence-corrected chi connectivity index (χ0v) is 51.2. The quantitative estimate of drug-likeness (QED) is 0.00815. The minimum atomic E-state index is -4.23. The number of pyridine rings is 1. The molecule has 444 valence electrons. The van der Waals surface area contributed by atoms with E-state index in [0.717, 1.165) is 79.8 Å². The van der Waals surface area contributed by atoms with Crippen LogP contribution < -0.4 is 18.8 Å². The molecule has 0 aliphatic heterocycles. The van der Waals surface area contributed by atoms with Gasteiger partial charge in [0.25, 0.3) is 20.2 Å². The molecule has 0 unspecified atom stereocenters. The van der Waals surface area contributed by atoms with Crippen LogP contribution >= 0.6 is 0 Å². The van der Waals surface area contributed by atoms with E-state index < -0.39 is 37.9 Å². The first-order valence-corrected chi connectivity index (χ1v) is 32.9. The Morgan fingerprint density at radius 1 is 0.506 bits per heavy atom. The summed E-state index contributed by atoms with van der Waals surface area (Å²) in [5, 5.41) is 1.10. The lowest BCUT2D eigenvalue weighted by atomic mass is 10.0. The molecule has 0 fully saturated rings. The van der Waals surface area contributed by atoms with Crippen LogP contribution in [-0.2, 0) is 31.5 Å². The molecule has 1 heterocycles. The normalized spacial score (nSPS) is 12.4. The number of benzene rings is 3. The highest BCUT2D eigenvalue weighted by Gasteiger charge is 2.29. The molecule has 15 nitrogen and oxygen atoms in total. The maximum absolute atomic E-state index is 14.9. The van der Waals surface area contributed by atoms with Gasteiger partial charge in [0.1, 0.15) is 17.2 Å². The average Bonchev–Trinajstić information content (AvgIpc) is 3.54. The first-order chi connectivity index (χ1) is 37.5. The number of ether oxygens (including phenoxy) is 4. The van der Waals surface area contributed by atoms with E-state index in [9.17, 15) is 31.0 Å². The lowest BCUT2D eigenvalue weighted by Gasteiger charge is -2.29. The summed E-state index contributed by atoms with van der Waals surface area (Å²) in [4.78, 5) is 27.3. The van der Waals surface area contributed by atoms with Crippen LogP contribution in [0.4, 0.5) is 0 Å². The summed E-state index contributed by atoms with van der Waals surface area (Å²) < 4.78 is 92.5. The van der Waals surface area contributed by atoms with Crippen LogP contribution in [0.25, 0.3) is 21.8 Å². The number of quaternary nitrogens is 2. The Hall–Kier alpha value is -4.39. The predicted octanol–water partition coefficient (Wildman–Crippen LogP) is 13.0. The van der Waals surface area contributed by atoms with E-state index in [0.29, 0.717) is 75.4 Å². The molecule has 0 radical (unpaired) electrons. The van der Waals surface area contributed by atoms with Crippen molar-refractivity contribution in [3.63, 3.8) is 0 Å². The summed E-state index contributed by atoms with van der Waals surface area (Å²) in [5.74, 6) is -0.250. The summed E-state index contributed by atoms with van der Waals surface area (Å²) >= 11 is 0. The SMILES string of the molecule is CCCC[N+](C)(C)CCCCCCCCCCCCOc1ccc2c(c1)c(C(=O)Oc1c(C)cc(C(=O)OC)cc1C)c1cc(OCCCCCCCCCCCC[N+](C)(C)CCCS(=O)(=O)O)ccc1[n+]2CCCS(=O)(=O)O. The van der Waals surface area contributed by atoms with Gasteiger partial charge in [-0.3, -0.25) is 9.11 Å². The van der Waals surface area contributed by atoms with Gasteiger partial charge in [-0.25, -0.2) is 9.59 Å². The average molecular weight is 1140 g/mol. The molecule has 4 aromatic rings. The van der Waals surface area contributed by atoms with Crippen LogP contribution in [0.3, 0.4) is 0 Å². The number of hydrogen-bond donors (Lipinski definition) is 2. The van der Waals surface area contributed by atoms with Gasteiger partial charge in [0.15, 0.2) is 6.54 Å². The molecule has 2 N–H and O–H groups in total. The molecule has 0 saturated carbocycles. The highest BCUT2D eigenvalue weighted by Crippen LogP contribution is 2.34. The molecular formula is C62H100N3O12S2+3. The van der Waals surface area contributed by atoms with E-state index in [2.05, 4.69) is 35.1 Å². The van der Waals surface area contributed by atoms with Gasteiger partial charge < -0.3 is 27.9 Å². The molecule has 79 heavy (non-hydrogen) atoms. The van der Waals surface area contributed by atoms with Crippen LogP contribution in [0.15, 0.2) is 48.5 Å². The number of carbonyl (C=O) groups is 2. The number of nitrogens with zero attached hydrogens (tertiary/aromatic N) is 3. The fourth-order valence-corrected chi connectivity index (χ4v) is 11.7. The van der Waals surface area contributed by atoms with E-state index in [4.69, 9.17) is 23.5 Å². The number of aromatic nitrogens is 1. The van der Waals surface area contributed by atoms with Crippen molar-refractivity contribution in [2.45, 2.75) is 181 Å². The lowest BCUT2D eigenvalue weighted by Crippen LogP contribution is -2.41. The highest BCUT2D eigenvalue weighted by molar-refractivity contribution is 7.86. The Kier molecular flexibility index (Phi) is 29.0. The minimum absolute atomic E-state index is 0.125. The van der Waals surface area contributed by atoms with E-state index in [-0.39, 0.29) is 24.3 Å². The summed E-state index contributed by atoms with van der Waals surface area (Å²) in [6.07, 6.45) is 26.3. The van der Waals surface area contributed by atoms with Gasteiger partial charge in [0.2, 0.25) is 11.0 Å². The van der Waals surface area contributed by atoms with Crippen molar-refractivity contribution < 1.29 is 68.0 Å². The highest BCUT2D eigenvalue weighted by atomic mass is 32.2. The number of esters is 2. The molecule has 0 aliphatic rings. The molecule has 0 amide bonds. The number of carbonyl (C=O) groups excluding carboxylic acids is 2. The van der Waals surface area contributed by atoms with Gasteiger partial charge >= 0.3 is 11.9 Å². The Morgan fingerprint density at radius 2 is 0.886 bits per heavy atom. The Morgan fingerprint density at radius 3 is 1.29 bits per heavy atom. The van der Waals surface area contributed by atoms with E-state index in [1.807, 2.05) is 41.0 Å². The number of fused-ring (bicyclic) bond motifs is 2. The van der Waals surface area contributed by atoms with Gasteiger partial charge in [-0.05, 0) is 106 Å². The van der Waals surface area contributed by atoms with Crippen molar-refractivity contribution in [3.05, 3.63) is 70.8 Å². The maximum atomic E-state index is 14.9. The monoisotopic (exact) mass is 1140 g/mol. The zero-order chi connectivity index (χ0) is 57.9. The first kappa shape index (κ1) is 67.1. The Bertz CT molecular complexity index is 2720. The Labute approximate surface area is 475 Å². The second-order valence-electron chi connectivity index (χ2n) is 23.4. The molecule has 0 bridgehead atoms. The van der Waals surface area contributed by atoms with Crippen molar-refractivity contribution in [2.75, 3.05) is 86.2 Å². The molecule has 1 aromatic heterocycles. The van der Waals surface area contributed by atoms with E-state index in [1.165, 1.54) is 104 Å². The van der Waals surface area contributed by atoms with Crippen molar-refractivity contribution >= 4 is 54.0 Å². The fourth-order valence-electron chi connectivity index (χ4n) is 10.7. The standard InChI is InChI=1S/C62H98N3O12S2/c1-9-10-38-64(4,5)39-27-23-19-15-11-13-17-21-25-29-42-75-53-33-35-57-55(48-53)59(62(67)77-60-50(2)46-52(47-51(60)3)61(66)74-8)56-49-54(34-36-58(56)63(57)37-31-44-78(68,69)70)76-43-30-26-22-18-14-12-16-20-24-28-40-65(6,7)41-32-45-79(71,72)73/h33-36,46-49H,9-32,37-45H2,1-8H3/q+1/p+2.